The second kappa shape index (κ2) is 4.45. The SMILES string of the molecule is COc1cc(C)c2c3c(c(O)c4c2c1C(O)C4=O)C(C)(C)[C@@](C)(O)O3. The highest BCUT2D eigenvalue weighted by Crippen LogP contribution is 2.60. The van der Waals surface area contributed by atoms with Gasteiger partial charge < -0.3 is 24.8 Å². The van der Waals surface area contributed by atoms with Crippen LogP contribution in [0.1, 0.15) is 53.9 Å². The van der Waals surface area contributed by atoms with E-state index in [0.29, 0.717) is 33.4 Å². The van der Waals surface area contributed by atoms with Crippen LogP contribution in [0.25, 0.3) is 10.8 Å². The summed E-state index contributed by atoms with van der Waals surface area (Å²) in [6, 6.07) is 1.73. The number of aromatic hydroxyl groups is 1. The molecule has 0 amide bonds. The Morgan fingerprint density at radius 1 is 1.24 bits per heavy atom. The number of hydrogen-bond acceptors (Lipinski definition) is 6. The van der Waals surface area contributed by atoms with E-state index in [-0.39, 0.29) is 11.3 Å². The minimum absolute atomic E-state index is 0.0626. The van der Waals surface area contributed by atoms with Gasteiger partial charge in [0.2, 0.25) is 5.79 Å². The highest BCUT2D eigenvalue weighted by atomic mass is 16.6. The van der Waals surface area contributed by atoms with Gasteiger partial charge in [-0.1, -0.05) is 0 Å². The summed E-state index contributed by atoms with van der Waals surface area (Å²) < 4.78 is 11.2. The van der Waals surface area contributed by atoms with Crippen LogP contribution in [0, 0.1) is 6.92 Å². The molecule has 0 aromatic heterocycles. The maximum atomic E-state index is 12.7. The summed E-state index contributed by atoms with van der Waals surface area (Å²) >= 11 is 0. The number of carbonyl (C=O) groups is 1. The molecule has 6 heteroatoms. The standard InChI is InChI=1S/C19H20O6/c1-7-6-8(24-5)10-11-9(7)17-13(18(2,3)19(4,23)25-17)14(20)12(11)16(22)15(10)21/h6,15,20-21,23H,1-5H3/t15?,19-/m0/s1. The Morgan fingerprint density at radius 2 is 1.88 bits per heavy atom. The minimum Gasteiger partial charge on any atom is -0.507 e. The fraction of sp³-hybridized carbons (Fsp3) is 0.421. The van der Waals surface area contributed by atoms with Crippen molar-refractivity contribution in [3.63, 3.8) is 0 Å². The van der Waals surface area contributed by atoms with Gasteiger partial charge in [0.25, 0.3) is 0 Å². The van der Waals surface area contributed by atoms with Crippen molar-refractivity contribution in [1.29, 1.82) is 0 Å². The molecule has 0 saturated heterocycles. The third-order valence-electron chi connectivity index (χ3n) is 5.78. The van der Waals surface area contributed by atoms with Crippen LogP contribution in [-0.2, 0) is 5.41 Å². The molecule has 1 aliphatic heterocycles. The van der Waals surface area contributed by atoms with Gasteiger partial charge in [-0.3, -0.25) is 4.79 Å². The number of aryl methyl sites for hydroxylation is 1. The van der Waals surface area contributed by atoms with Crippen molar-refractivity contribution in [2.45, 2.75) is 45.0 Å². The highest BCUT2D eigenvalue weighted by molar-refractivity contribution is 6.22. The number of aliphatic hydroxyl groups is 2. The molecule has 2 aliphatic rings. The molecule has 2 aromatic rings. The zero-order chi connectivity index (χ0) is 18.5. The predicted molar refractivity (Wildman–Crippen MR) is 90.5 cm³/mol. The Balaban J connectivity index is 2.28. The number of phenols is 1. The molecule has 0 bridgehead atoms. The number of ketones is 1. The molecule has 6 nitrogen and oxygen atoms in total. The van der Waals surface area contributed by atoms with Crippen molar-refractivity contribution >= 4 is 16.6 Å². The van der Waals surface area contributed by atoms with Gasteiger partial charge in [0.15, 0.2) is 5.78 Å². The first-order valence-corrected chi connectivity index (χ1v) is 8.08. The number of carbonyl (C=O) groups excluding carboxylic acids is 1. The molecule has 2 atom stereocenters. The summed E-state index contributed by atoms with van der Waals surface area (Å²) in [6.45, 7) is 6.85. The van der Waals surface area contributed by atoms with Crippen LogP contribution in [0.2, 0.25) is 0 Å². The van der Waals surface area contributed by atoms with Crippen LogP contribution in [0.5, 0.6) is 17.2 Å². The molecule has 0 saturated carbocycles. The van der Waals surface area contributed by atoms with Crippen LogP contribution in [0.15, 0.2) is 6.07 Å². The van der Waals surface area contributed by atoms with Crippen LogP contribution in [0.3, 0.4) is 0 Å². The number of fused-ring (bicyclic) bond motifs is 2. The molecule has 1 unspecified atom stereocenters. The lowest BCUT2D eigenvalue weighted by Crippen LogP contribution is -2.44. The lowest BCUT2D eigenvalue weighted by molar-refractivity contribution is -0.148. The monoisotopic (exact) mass is 344 g/mol. The summed E-state index contributed by atoms with van der Waals surface area (Å²) in [6.07, 6.45) is -1.40. The smallest absolute Gasteiger partial charge is 0.214 e. The third-order valence-corrected chi connectivity index (χ3v) is 5.78. The molecule has 3 N–H and O–H groups in total. The molecule has 4 rings (SSSR count). The molecule has 1 aliphatic carbocycles. The molecular formula is C19H20O6. The fourth-order valence-electron chi connectivity index (χ4n) is 4.02. The Bertz CT molecular complexity index is 970. The average Bonchev–Trinajstić information content (AvgIpc) is 2.87. The third kappa shape index (κ3) is 1.64. The first kappa shape index (κ1) is 16.2. The van der Waals surface area contributed by atoms with Gasteiger partial charge in [-0.2, -0.15) is 0 Å². The first-order chi connectivity index (χ1) is 11.5. The Labute approximate surface area is 144 Å². The number of benzene rings is 2. The molecule has 0 fully saturated rings. The van der Waals surface area contributed by atoms with Crippen molar-refractivity contribution in [3.8, 4) is 17.2 Å². The number of ether oxygens (including phenoxy) is 2. The van der Waals surface area contributed by atoms with Gasteiger partial charge in [0.1, 0.15) is 23.4 Å². The van der Waals surface area contributed by atoms with Crippen molar-refractivity contribution in [2.24, 2.45) is 0 Å². The zero-order valence-electron chi connectivity index (χ0n) is 14.7. The maximum absolute atomic E-state index is 12.7. The summed E-state index contributed by atoms with van der Waals surface area (Å²) in [5.41, 5.74) is 0.587. The van der Waals surface area contributed by atoms with E-state index in [9.17, 15) is 20.1 Å². The molecule has 132 valence electrons. The molecule has 0 spiro atoms. The molecule has 2 aromatic carbocycles. The number of Topliss-reactive ketones (excluding diaryl/α,β-unsaturated/α-hetero) is 1. The normalized spacial score (nSPS) is 26.0. The number of phenolic OH excluding ortho intramolecular Hbond substituents is 1. The van der Waals surface area contributed by atoms with Crippen molar-refractivity contribution in [3.05, 3.63) is 28.3 Å². The topological polar surface area (TPSA) is 96.2 Å². The van der Waals surface area contributed by atoms with E-state index >= 15 is 0 Å². The molecule has 0 radical (unpaired) electrons. The van der Waals surface area contributed by atoms with Crippen molar-refractivity contribution in [2.75, 3.05) is 7.11 Å². The molecule has 1 heterocycles. The molecule has 25 heavy (non-hydrogen) atoms. The van der Waals surface area contributed by atoms with Gasteiger partial charge >= 0.3 is 0 Å². The second-order valence-electron chi connectivity index (χ2n) is 7.46. The van der Waals surface area contributed by atoms with Gasteiger partial charge in [-0.25, -0.2) is 0 Å². The Morgan fingerprint density at radius 3 is 2.48 bits per heavy atom. The summed E-state index contributed by atoms with van der Waals surface area (Å²) in [4.78, 5) is 12.7. The second-order valence-corrected chi connectivity index (χ2v) is 7.46. The van der Waals surface area contributed by atoms with Gasteiger partial charge in [-0.15, -0.1) is 0 Å². The van der Waals surface area contributed by atoms with Crippen LogP contribution < -0.4 is 9.47 Å². The maximum Gasteiger partial charge on any atom is 0.214 e. The van der Waals surface area contributed by atoms with Crippen molar-refractivity contribution < 1.29 is 29.6 Å². The zero-order valence-corrected chi connectivity index (χ0v) is 14.7. The van der Waals surface area contributed by atoms with E-state index in [4.69, 9.17) is 9.47 Å². The van der Waals surface area contributed by atoms with E-state index in [1.807, 2.05) is 6.92 Å². The van der Waals surface area contributed by atoms with Crippen LogP contribution >= 0.6 is 0 Å². The number of hydrogen-bond donors (Lipinski definition) is 3. The van der Waals surface area contributed by atoms with Crippen molar-refractivity contribution in [1.82, 2.24) is 0 Å². The first-order valence-electron chi connectivity index (χ1n) is 8.08. The minimum atomic E-state index is -1.55. The van der Waals surface area contributed by atoms with Gasteiger partial charge in [-0.05, 0) is 32.4 Å². The van der Waals surface area contributed by atoms with Gasteiger partial charge in [0.05, 0.1) is 18.1 Å². The quantitative estimate of drug-likeness (QED) is 0.735. The fourth-order valence-corrected chi connectivity index (χ4v) is 4.02. The predicted octanol–water partition coefficient (Wildman–Crippen LogP) is 2.47. The van der Waals surface area contributed by atoms with E-state index in [1.54, 1.807) is 19.9 Å². The summed E-state index contributed by atoms with van der Waals surface area (Å²) in [5, 5.41) is 33.1. The van der Waals surface area contributed by atoms with Crippen LogP contribution in [0.4, 0.5) is 0 Å². The van der Waals surface area contributed by atoms with E-state index in [1.165, 1.54) is 14.0 Å². The number of rotatable bonds is 1. The lowest BCUT2D eigenvalue weighted by Gasteiger charge is -2.31. The lowest BCUT2D eigenvalue weighted by atomic mass is 9.77. The van der Waals surface area contributed by atoms with Gasteiger partial charge in [0, 0.05) is 28.8 Å². The summed E-state index contributed by atoms with van der Waals surface area (Å²) in [5.74, 6) is -1.65. The summed E-state index contributed by atoms with van der Waals surface area (Å²) in [7, 11) is 1.46. The Kier molecular flexibility index (Phi) is 2.88. The van der Waals surface area contributed by atoms with Crippen LogP contribution in [-0.4, -0.2) is 34.0 Å². The van der Waals surface area contributed by atoms with E-state index in [0.717, 1.165) is 5.56 Å². The number of aliphatic hydroxyl groups excluding tert-OH is 1. The van der Waals surface area contributed by atoms with E-state index in [2.05, 4.69) is 0 Å². The number of methoxy groups -OCH3 is 1. The Hall–Kier alpha value is -2.31. The highest BCUT2D eigenvalue weighted by Gasteiger charge is 2.55. The largest absolute Gasteiger partial charge is 0.507 e. The average molecular weight is 344 g/mol. The van der Waals surface area contributed by atoms with E-state index < -0.39 is 23.1 Å². The molecular weight excluding hydrogens is 324 g/mol.